The zero-order valence-electron chi connectivity index (χ0n) is 17.2. The average molecular weight is 424 g/mol. The van der Waals surface area contributed by atoms with Gasteiger partial charge < -0.3 is 10.6 Å². The van der Waals surface area contributed by atoms with E-state index in [1.54, 1.807) is 18.3 Å². The number of nitrogens with zero attached hydrogens (tertiary/aromatic N) is 2. The highest BCUT2D eigenvalue weighted by Gasteiger charge is 2.10. The van der Waals surface area contributed by atoms with Gasteiger partial charge in [-0.15, -0.1) is 0 Å². The van der Waals surface area contributed by atoms with E-state index in [0.29, 0.717) is 17.5 Å². The van der Waals surface area contributed by atoms with Gasteiger partial charge in [-0.25, -0.2) is 18.5 Å². The number of benzene rings is 2. The maximum atomic E-state index is 11.6. The first-order valence-electron chi connectivity index (χ1n) is 9.43. The lowest BCUT2D eigenvalue weighted by Gasteiger charge is -2.12. The fourth-order valence-corrected chi connectivity index (χ4v) is 3.30. The number of aryl methyl sites for hydroxylation is 1. The fraction of sp³-hybridized carbons (Fsp3) is 0.182. The standard InChI is InChI=1S/C22H25N5O2S/c1-15(2)10-11-17-6-4-7-18(12-17)25-21-16(3)14-24-22(27-21)26-19-8-5-9-20(13-19)30(23,28)29/h4-10,12-14H,11H2,1-3H3,(H2,23,28,29)(H2,24,25,26,27). The molecule has 7 nitrogen and oxygen atoms in total. The molecule has 0 bridgehead atoms. The molecule has 3 aromatic rings. The zero-order valence-corrected chi connectivity index (χ0v) is 18.0. The van der Waals surface area contributed by atoms with Crippen LogP contribution in [0.3, 0.4) is 0 Å². The minimum Gasteiger partial charge on any atom is -0.340 e. The summed E-state index contributed by atoms with van der Waals surface area (Å²) in [7, 11) is -3.78. The summed E-state index contributed by atoms with van der Waals surface area (Å²) in [5, 5.41) is 11.6. The minimum atomic E-state index is -3.78. The topological polar surface area (TPSA) is 110 Å². The van der Waals surface area contributed by atoms with E-state index in [2.05, 4.69) is 52.7 Å². The number of primary sulfonamides is 1. The van der Waals surface area contributed by atoms with E-state index in [1.165, 1.54) is 23.3 Å². The molecule has 0 fully saturated rings. The van der Waals surface area contributed by atoms with E-state index in [4.69, 9.17) is 5.14 Å². The summed E-state index contributed by atoms with van der Waals surface area (Å²) in [5.74, 6) is 1.00. The van der Waals surface area contributed by atoms with Gasteiger partial charge in [-0.2, -0.15) is 4.98 Å². The van der Waals surface area contributed by atoms with Crippen molar-refractivity contribution in [3.8, 4) is 0 Å². The monoisotopic (exact) mass is 423 g/mol. The van der Waals surface area contributed by atoms with Gasteiger partial charge >= 0.3 is 0 Å². The lowest BCUT2D eigenvalue weighted by molar-refractivity contribution is 0.598. The van der Waals surface area contributed by atoms with Crippen LogP contribution < -0.4 is 15.8 Å². The number of rotatable bonds is 7. The van der Waals surface area contributed by atoms with Crippen molar-refractivity contribution in [3.63, 3.8) is 0 Å². The van der Waals surface area contributed by atoms with Gasteiger partial charge in [0.25, 0.3) is 0 Å². The Morgan fingerprint density at radius 3 is 2.47 bits per heavy atom. The second-order valence-corrected chi connectivity index (χ2v) is 8.80. The SMILES string of the molecule is CC(C)=CCc1cccc(Nc2nc(Nc3cccc(S(N)(=O)=O)c3)ncc2C)c1. The number of nitrogens with two attached hydrogens (primary N) is 1. The molecule has 0 saturated carbocycles. The van der Waals surface area contributed by atoms with Crippen LogP contribution >= 0.6 is 0 Å². The number of aromatic nitrogens is 2. The molecule has 30 heavy (non-hydrogen) atoms. The van der Waals surface area contributed by atoms with Crippen LogP contribution in [-0.2, 0) is 16.4 Å². The van der Waals surface area contributed by atoms with Crippen molar-refractivity contribution in [1.82, 2.24) is 9.97 Å². The van der Waals surface area contributed by atoms with Crippen LogP contribution in [0.5, 0.6) is 0 Å². The van der Waals surface area contributed by atoms with E-state index in [9.17, 15) is 8.42 Å². The Morgan fingerprint density at radius 1 is 1.07 bits per heavy atom. The van der Waals surface area contributed by atoms with Gasteiger partial charge in [-0.3, -0.25) is 0 Å². The quantitative estimate of drug-likeness (QED) is 0.485. The molecule has 3 rings (SSSR count). The molecule has 0 aliphatic carbocycles. The Hall–Kier alpha value is -3.23. The van der Waals surface area contributed by atoms with Gasteiger partial charge in [0.2, 0.25) is 16.0 Å². The zero-order chi connectivity index (χ0) is 21.7. The fourth-order valence-electron chi connectivity index (χ4n) is 2.74. The van der Waals surface area contributed by atoms with Gasteiger partial charge in [-0.05, 0) is 63.1 Å². The highest BCUT2D eigenvalue weighted by molar-refractivity contribution is 7.89. The maximum Gasteiger partial charge on any atom is 0.238 e. The molecule has 0 spiro atoms. The van der Waals surface area contributed by atoms with Crippen molar-refractivity contribution in [2.75, 3.05) is 10.6 Å². The molecule has 2 aromatic carbocycles. The third-order valence-corrected chi connectivity index (χ3v) is 5.24. The summed E-state index contributed by atoms with van der Waals surface area (Å²) in [5.41, 5.74) is 4.82. The van der Waals surface area contributed by atoms with Crippen molar-refractivity contribution in [3.05, 3.63) is 77.5 Å². The molecule has 156 valence electrons. The predicted octanol–water partition coefficient (Wildman–Crippen LogP) is 4.43. The summed E-state index contributed by atoms with van der Waals surface area (Å²) in [6, 6.07) is 14.4. The molecule has 0 amide bonds. The molecule has 0 aliphatic heterocycles. The van der Waals surface area contributed by atoms with Gasteiger partial charge in [-0.1, -0.05) is 29.8 Å². The van der Waals surface area contributed by atoms with Gasteiger partial charge in [0.05, 0.1) is 4.90 Å². The Labute approximate surface area is 177 Å². The van der Waals surface area contributed by atoms with E-state index in [-0.39, 0.29) is 4.90 Å². The third kappa shape index (κ3) is 5.88. The van der Waals surface area contributed by atoms with Gasteiger partial charge in [0.1, 0.15) is 5.82 Å². The molecule has 0 radical (unpaired) electrons. The van der Waals surface area contributed by atoms with E-state index in [1.807, 2.05) is 19.1 Å². The summed E-state index contributed by atoms with van der Waals surface area (Å²) in [6.07, 6.45) is 4.76. The van der Waals surface area contributed by atoms with Gasteiger partial charge in [0, 0.05) is 23.1 Å². The third-order valence-electron chi connectivity index (χ3n) is 4.33. The Balaban J connectivity index is 1.81. The molecule has 0 aliphatic rings. The lowest BCUT2D eigenvalue weighted by Crippen LogP contribution is -2.12. The second-order valence-electron chi connectivity index (χ2n) is 7.23. The predicted molar refractivity (Wildman–Crippen MR) is 121 cm³/mol. The van der Waals surface area contributed by atoms with E-state index < -0.39 is 10.0 Å². The van der Waals surface area contributed by atoms with E-state index in [0.717, 1.165) is 17.7 Å². The Morgan fingerprint density at radius 2 is 1.77 bits per heavy atom. The number of hydrogen-bond donors (Lipinski definition) is 3. The molecule has 0 saturated heterocycles. The molecule has 8 heteroatoms. The van der Waals surface area contributed by atoms with Crippen LogP contribution in [0.1, 0.15) is 25.0 Å². The Bertz CT molecular complexity index is 1190. The molecule has 0 atom stereocenters. The molecular weight excluding hydrogens is 398 g/mol. The highest BCUT2D eigenvalue weighted by atomic mass is 32.2. The minimum absolute atomic E-state index is 0.0196. The Kier molecular flexibility index (Phi) is 6.49. The van der Waals surface area contributed by atoms with E-state index >= 15 is 0 Å². The first-order valence-corrected chi connectivity index (χ1v) is 11.0. The molecular formula is C22H25N5O2S. The summed E-state index contributed by atoms with van der Waals surface area (Å²) in [6.45, 7) is 6.08. The normalized spacial score (nSPS) is 11.1. The smallest absolute Gasteiger partial charge is 0.238 e. The van der Waals surface area contributed by atoms with Gasteiger partial charge in [0.15, 0.2) is 0 Å². The molecule has 1 aromatic heterocycles. The summed E-state index contributed by atoms with van der Waals surface area (Å²) in [4.78, 5) is 8.84. The highest BCUT2D eigenvalue weighted by Crippen LogP contribution is 2.23. The average Bonchev–Trinajstić information content (AvgIpc) is 2.69. The number of hydrogen-bond acceptors (Lipinski definition) is 6. The second kappa shape index (κ2) is 9.06. The summed E-state index contributed by atoms with van der Waals surface area (Å²) >= 11 is 0. The first-order chi connectivity index (χ1) is 14.2. The van der Waals surface area contributed by atoms with Crippen LogP contribution in [0.4, 0.5) is 23.1 Å². The number of allylic oxidation sites excluding steroid dienone is 2. The first kappa shape index (κ1) is 21.5. The largest absolute Gasteiger partial charge is 0.340 e. The molecule has 0 unspecified atom stereocenters. The molecule has 4 N–H and O–H groups in total. The molecule has 1 heterocycles. The van der Waals surface area contributed by atoms with Crippen molar-refractivity contribution in [2.24, 2.45) is 5.14 Å². The van der Waals surface area contributed by atoms with Crippen molar-refractivity contribution >= 4 is 33.2 Å². The van der Waals surface area contributed by atoms with Crippen LogP contribution in [0.2, 0.25) is 0 Å². The van der Waals surface area contributed by atoms with Crippen molar-refractivity contribution in [1.29, 1.82) is 0 Å². The number of sulfonamides is 1. The van der Waals surface area contributed by atoms with Crippen LogP contribution in [0.25, 0.3) is 0 Å². The van der Waals surface area contributed by atoms with Crippen molar-refractivity contribution < 1.29 is 8.42 Å². The maximum absolute atomic E-state index is 11.6. The van der Waals surface area contributed by atoms with Crippen LogP contribution in [-0.4, -0.2) is 18.4 Å². The number of nitrogens with one attached hydrogen (secondary N) is 2. The number of anilines is 4. The van der Waals surface area contributed by atoms with Crippen molar-refractivity contribution in [2.45, 2.75) is 32.1 Å². The lowest BCUT2D eigenvalue weighted by atomic mass is 10.1. The summed E-state index contributed by atoms with van der Waals surface area (Å²) < 4.78 is 23.1. The van der Waals surface area contributed by atoms with Crippen LogP contribution in [0.15, 0.2) is 71.3 Å². The van der Waals surface area contributed by atoms with Crippen LogP contribution in [0, 0.1) is 6.92 Å².